The Morgan fingerprint density at radius 2 is 1.96 bits per heavy atom. The number of nitrogens with zero attached hydrogens (tertiary/aromatic N) is 2. The second kappa shape index (κ2) is 5.65. The summed E-state index contributed by atoms with van der Waals surface area (Å²) in [6.45, 7) is 1.60. The predicted octanol–water partition coefficient (Wildman–Crippen LogP) is 1.35. The summed E-state index contributed by atoms with van der Waals surface area (Å²) >= 11 is 0. The Labute approximate surface area is 138 Å². The number of rotatable bonds is 1. The van der Waals surface area contributed by atoms with E-state index in [-0.39, 0.29) is 49.2 Å². The van der Waals surface area contributed by atoms with Crippen molar-refractivity contribution in [2.75, 3.05) is 26.2 Å². The van der Waals surface area contributed by atoms with E-state index < -0.39 is 12.0 Å². The Hall–Kier alpha value is -1.76. The van der Waals surface area contributed by atoms with Gasteiger partial charge < -0.3 is 10.2 Å². The highest BCUT2D eigenvalue weighted by atomic mass is 19.3. The van der Waals surface area contributed by atoms with Crippen LogP contribution in [0.3, 0.4) is 0 Å². The molecular weight excluding hydrogens is 316 g/mol. The molecule has 0 radical (unpaired) electrons. The summed E-state index contributed by atoms with van der Waals surface area (Å²) in [6, 6.07) is 4.53. The first kappa shape index (κ1) is 15.7. The van der Waals surface area contributed by atoms with E-state index in [0.29, 0.717) is 6.54 Å². The molecule has 1 N–H and O–H groups in total. The Kier molecular flexibility index (Phi) is 3.71. The molecule has 4 heterocycles. The van der Waals surface area contributed by atoms with Crippen molar-refractivity contribution in [3.8, 4) is 0 Å². The van der Waals surface area contributed by atoms with Gasteiger partial charge in [0.2, 0.25) is 5.91 Å². The third-order valence-electron chi connectivity index (χ3n) is 5.61. The standard InChI is InChI=1S/C17H21F2N3O2/c18-17(19)4-6-21(7-5-17)16(24)15-12-8-11(9-20-10-12)13-2-1-3-14(23)22(13)15/h1-3,11-12,15,20H,4-10H2/t11-,12+,15-/m1/s1. The number of alkyl halides is 2. The van der Waals surface area contributed by atoms with Gasteiger partial charge in [-0.2, -0.15) is 0 Å². The minimum atomic E-state index is -2.68. The Balaban J connectivity index is 1.68. The van der Waals surface area contributed by atoms with E-state index in [9.17, 15) is 18.4 Å². The van der Waals surface area contributed by atoms with Gasteiger partial charge in [-0.3, -0.25) is 14.2 Å². The number of hydrogen-bond acceptors (Lipinski definition) is 3. The number of fused-ring (bicyclic) bond motifs is 4. The number of nitrogens with one attached hydrogen (secondary N) is 1. The molecule has 4 rings (SSSR count). The van der Waals surface area contributed by atoms with Gasteiger partial charge >= 0.3 is 0 Å². The van der Waals surface area contributed by atoms with Gasteiger partial charge in [-0.1, -0.05) is 6.07 Å². The van der Waals surface area contributed by atoms with Crippen LogP contribution in [-0.2, 0) is 4.79 Å². The molecule has 2 bridgehead atoms. The highest BCUT2D eigenvalue weighted by Gasteiger charge is 2.44. The largest absolute Gasteiger partial charge is 0.340 e. The second-order valence-electron chi connectivity index (χ2n) is 7.14. The number of halogens is 2. The average molecular weight is 337 g/mol. The van der Waals surface area contributed by atoms with Crippen LogP contribution in [0.2, 0.25) is 0 Å². The minimum Gasteiger partial charge on any atom is -0.340 e. The van der Waals surface area contributed by atoms with Gasteiger partial charge in [0.05, 0.1) is 0 Å². The monoisotopic (exact) mass is 337 g/mol. The molecule has 0 saturated carbocycles. The van der Waals surface area contributed by atoms with Crippen LogP contribution in [-0.4, -0.2) is 47.5 Å². The smallest absolute Gasteiger partial charge is 0.251 e. The number of amides is 1. The molecule has 0 aliphatic carbocycles. The number of likely N-dealkylation sites (tertiary alicyclic amines) is 1. The molecule has 130 valence electrons. The van der Waals surface area contributed by atoms with Crippen LogP contribution in [0.5, 0.6) is 0 Å². The second-order valence-corrected chi connectivity index (χ2v) is 7.14. The summed E-state index contributed by atoms with van der Waals surface area (Å²) in [6.07, 6.45) is 0.262. The quantitative estimate of drug-likeness (QED) is 0.842. The molecule has 1 aromatic rings. The molecule has 1 amide bonds. The SMILES string of the molecule is O=C([C@H]1[C@@H]2CNC[C@@H](C2)c2cccc(=O)n21)N1CCC(F)(F)CC1. The highest BCUT2D eigenvalue weighted by molar-refractivity contribution is 5.81. The predicted molar refractivity (Wildman–Crippen MR) is 84.2 cm³/mol. The van der Waals surface area contributed by atoms with Crippen molar-refractivity contribution in [1.82, 2.24) is 14.8 Å². The average Bonchev–Trinajstić information content (AvgIpc) is 2.56. The van der Waals surface area contributed by atoms with E-state index in [1.807, 2.05) is 6.07 Å². The Morgan fingerprint density at radius 1 is 1.21 bits per heavy atom. The fourth-order valence-corrected chi connectivity index (χ4v) is 4.35. The number of piperidine rings is 2. The lowest BCUT2D eigenvalue weighted by Gasteiger charge is -2.44. The van der Waals surface area contributed by atoms with Crippen molar-refractivity contribution < 1.29 is 13.6 Å². The van der Waals surface area contributed by atoms with Crippen LogP contribution in [0, 0.1) is 5.92 Å². The first-order valence-electron chi connectivity index (χ1n) is 8.55. The molecule has 5 nitrogen and oxygen atoms in total. The van der Waals surface area contributed by atoms with Crippen LogP contribution in [0.1, 0.15) is 36.9 Å². The maximum atomic E-state index is 13.4. The topological polar surface area (TPSA) is 54.3 Å². The molecule has 2 saturated heterocycles. The molecule has 24 heavy (non-hydrogen) atoms. The third kappa shape index (κ3) is 2.55. The van der Waals surface area contributed by atoms with Crippen molar-refractivity contribution in [3.63, 3.8) is 0 Å². The first-order chi connectivity index (χ1) is 11.5. The maximum Gasteiger partial charge on any atom is 0.251 e. The van der Waals surface area contributed by atoms with Crippen molar-refractivity contribution in [3.05, 3.63) is 34.2 Å². The lowest BCUT2D eigenvalue weighted by molar-refractivity contribution is -0.143. The summed E-state index contributed by atoms with van der Waals surface area (Å²) in [5.74, 6) is -2.61. The molecule has 2 fully saturated rings. The molecule has 0 unspecified atom stereocenters. The summed E-state index contributed by atoms with van der Waals surface area (Å²) in [5.41, 5.74) is 0.705. The van der Waals surface area contributed by atoms with Gasteiger partial charge in [-0.15, -0.1) is 0 Å². The van der Waals surface area contributed by atoms with Crippen LogP contribution < -0.4 is 10.9 Å². The van der Waals surface area contributed by atoms with Crippen LogP contribution in [0.4, 0.5) is 8.78 Å². The molecule has 0 spiro atoms. The molecule has 1 aromatic heterocycles. The van der Waals surface area contributed by atoms with Crippen LogP contribution in [0.25, 0.3) is 0 Å². The van der Waals surface area contributed by atoms with Gasteiger partial charge in [0.15, 0.2) is 0 Å². The number of pyridine rings is 1. The fourth-order valence-electron chi connectivity index (χ4n) is 4.35. The molecule has 3 atom stereocenters. The minimum absolute atomic E-state index is 0.0336. The van der Waals surface area contributed by atoms with E-state index in [2.05, 4.69) is 5.32 Å². The van der Waals surface area contributed by atoms with Crippen molar-refractivity contribution in [2.24, 2.45) is 5.92 Å². The van der Waals surface area contributed by atoms with Gasteiger partial charge in [-0.25, -0.2) is 8.78 Å². The maximum absolute atomic E-state index is 13.4. The Morgan fingerprint density at radius 3 is 2.71 bits per heavy atom. The third-order valence-corrected chi connectivity index (χ3v) is 5.61. The van der Waals surface area contributed by atoms with Gasteiger partial charge in [-0.05, 0) is 12.5 Å². The molecular formula is C17H21F2N3O2. The summed E-state index contributed by atoms with van der Waals surface area (Å²) < 4.78 is 28.4. The van der Waals surface area contributed by atoms with E-state index >= 15 is 0 Å². The van der Waals surface area contributed by atoms with Gasteiger partial charge in [0.25, 0.3) is 11.5 Å². The van der Waals surface area contributed by atoms with Gasteiger partial charge in [0, 0.05) is 62.6 Å². The fraction of sp³-hybridized carbons (Fsp3) is 0.647. The number of carbonyl (C=O) groups excluding carboxylic acids is 1. The zero-order valence-electron chi connectivity index (χ0n) is 13.4. The zero-order valence-corrected chi connectivity index (χ0v) is 13.4. The van der Waals surface area contributed by atoms with E-state index in [4.69, 9.17) is 0 Å². The number of hydrogen-bond donors (Lipinski definition) is 1. The first-order valence-corrected chi connectivity index (χ1v) is 8.55. The molecule has 3 aliphatic rings. The summed E-state index contributed by atoms with van der Waals surface area (Å²) in [7, 11) is 0. The highest BCUT2D eigenvalue weighted by Crippen LogP contribution is 2.40. The van der Waals surface area contributed by atoms with E-state index in [1.54, 1.807) is 10.6 Å². The van der Waals surface area contributed by atoms with Crippen molar-refractivity contribution >= 4 is 5.91 Å². The molecule has 7 heteroatoms. The molecule has 0 aromatic carbocycles. The lowest BCUT2D eigenvalue weighted by atomic mass is 9.78. The van der Waals surface area contributed by atoms with E-state index in [0.717, 1.165) is 18.7 Å². The van der Waals surface area contributed by atoms with Gasteiger partial charge in [0.1, 0.15) is 6.04 Å². The van der Waals surface area contributed by atoms with Crippen molar-refractivity contribution in [2.45, 2.75) is 37.1 Å². The van der Waals surface area contributed by atoms with Crippen LogP contribution in [0.15, 0.2) is 23.0 Å². The number of carbonyl (C=O) groups is 1. The van der Waals surface area contributed by atoms with E-state index in [1.165, 1.54) is 11.0 Å². The summed E-state index contributed by atoms with van der Waals surface area (Å²) in [4.78, 5) is 27.0. The zero-order chi connectivity index (χ0) is 16.9. The van der Waals surface area contributed by atoms with Crippen LogP contribution >= 0.6 is 0 Å². The molecule has 3 aliphatic heterocycles. The van der Waals surface area contributed by atoms with Crippen molar-refractivity contribution in [1.29, 1.82) is 0 Å². The normalized spacial score (nSPS) is 31.4. The Bertz CT molecular complexity index is 708. The number of aromatic nitrogens is 1. The lowest BCUT2D eigenvalue weighted by Crippen LogP contribution is -2.54. The summed E-state index contributed by atoms with van der Waals surface area (Å²) in [5, 5.41) is 3.34.